The summed E-state index contributed by atoms with van der Waals surface area (Å²) in [5, 5.41) is 10.5. The molecule has 2 N–H and O–H groups in total. The zero-order valence-electron chi connectivity index (χ0n) is 4.95. The van der Waals surface area contributed by atoms with Gasteiger partial charge in [-0.15, -0.1) is 0 Å². The zero-order valence-corrected chi connectivity index (χ0v) is 7.11. The number of hydrogen-bond donors (Lipinski definition) is 2. The smallest absolute Gasteiger partial charge is 0.378 e. The van der Waals surface area contributed by atoms with Gasteiger partial charge in [-0.25, -0.2) is 0 Å². The Labute approximate surface area is 69.9 Å². The van der Waals surface area contributed by atoms with Crippen LogP contribution in [0.15, 0.2) is 0 Å². The van der Waals surface area contributed by atoms with Gasteiger partial charge in [0.25, 0.3) is 0 Å². The summed E-state index contributed by atoms with van der Waals surface area (Å²) < 4.78 is 34.4. The molecule has 0 heterocycles. The number of nitrogens with one attached hydrogen (secondary N) is 1. The molecule has 0 aromatic carbocycles. The van der Waals surface area contributed by atoms with Crippen molar-refractivity contribution in [2.45, 2.75) is 12.4 Å². The highest BCUT2D eigenvalue weighted by atomic mass is 127. The van der Waals surface area contributed by atoms with E-state index in [0.29, 0.717) is 0 Å². The molecule has 0 aromatic rings. The van der Waals surface area contributed by atoms with Crippen LogP contribution in [0.3, 0.4) is 0 Å². The topological polar surface area (TPSA) is 32.3 Å². The van der Waals surface area contributed by atoms with Crippen LogP contribution in [0, 0.1) is 0 Å². The van der Waals surface area contributed by atoms with Crippen molar-refractivity contribution in [3.63, 3.8) is 0 Å². The van der Waals surface area contributed by atoms with Crippen LogP contribution in [0.2, 0.25) is 0 Å². The summed E-state index contributed by atoms with van der Waals surface area (Å²) in [6, 6.07) is 0. The van der Waals surface area contributed by atoms with Gasteiger partial charge in [0.2, 0.25) is 0 Å². The number of aliphatic hydroxyl groups is 1. The molecular weight excluding hydrogens is 262 g/mol. The van der Waals surface area contributed by atoms with Crippen LogP contribution in [0.4, 0.5) is 13.2 Å². The lowest BCUT2D eigenvalue weighted by atomic mass is 10.5. The van der Waals surface area contributed by atoms with Crippen molar-refractivity contribution in [1.82, 2.24) is 5.32 Å². The minimum Gasteiger partial charge on any atom is -0.378 e. The van der Waals surface area contributed by atoms with Crippen molar-refractivity contribution in [1.29, 1.82) is 0 Å². The van der Waals surface area contributed by atoms with Crippen molar-refractivity contribution in [2.24, 2.45) is 0 Å². The molecular formula is C4H7F3INO. The Balaban J connectivity index is 3.36. The van der Waals surface area contributed by atoms with E-state index in [4.69, 9.17) is 5.11 Å². The highest BCUT2D eigenvalue weighted by Gasteiger charge is 2.27. The van der Waals surface area contributed by atoms with Crippen molar-refractivity contribution in [3.8, 4) is 0 Å². The van der Waals surface area contributed by atoms with Gasteiger partial charge in [-0.3, -0.25) is 5.32 Å². The molecule has 2 nitrogen and oxygen atoms in total. The standard InChI is InChI=1S/C4H7F3INO/c5-4(6,7)2-9-3(10)1-8/h3,9-10H,1-2H2. The minimum atomic E-state index is -4.24. The van der Waals surface area contributed by atoms with Crippen LogP contribution in [0.1, 0.15) is 0 Å². The largest absolute Gasteiger partial charge is 0.401 e. The van der Waals surface area contributed by atoms with Gasteiger partial charge < -0.3 is 5.11 Å². The van der Waals surface area contributed by atoms with Gasteiger partial charge in [-0.05, 0) is 0 Å². The summed E-state index contributed by atoms with van der Waals surface area (Å²) in [7, 11) is 0. The van der Waals surface area contributed by atoms with Gasteiger partial charge in [0.05, 0.1) is 6.54 Å². The molecule has 0 rings (SSSR count). The van der Waals surface area contributed by atoms with Crippen LogP contribution >= 0.6 is 22.6 Å². The molecule has 1 unspecified atom stereocenters. The SMILES string of the molecule is OC(CI)NCC(F)(F)F. The molecule has 62 valence electrons. The first-order valence-electron chi connectivity index (χ1n) is 2.50. The van der Waals surface area contributed by atoms with E-state index in [1.165, 1.54) is 0 Å². The van der Waals surface area contributed by atoms with E-state index in [9.17, 15) is 13.2 Å². The van der Waals surface area contributed by atoms with Crippen LogP contribution in [-0.2, 0) is 0 Å². The summed E-state index contributed by atoms with van der Waals surface area (Å²) in [5.74, 6) is 0. The molecule has 0 spiro atoms. The second kappa shape index (κ2) is 4.35. The molecule has 0 aliphatic heterocycles. The molecule has 6 heteroatoms. The Hall–Kier alpha value is 0.440. The fourth-order valence-corrected chi connectivity index (χ4v) is 0.600. The molecule has 0 fully saturated rings. The molecule has 0 saturated heterocycles. The summed E-state index contributed by atoms with van der Waals surface area (Å²) in [5.41, 5.74) is 0. The molecule has 0 saturated carbocycles. The number of hydrogen-bond acceptors (Lipinski definition) is 2. The lowest BCUT2D eigenvalue weighted by molar-refractivity contribution is -0.130. The van der Waals surface area contributed by atoms with Gasteiger partial charge >= 0.3 is 6.18 Å². The third-order valence-electron chi connectivity index (χ3n) is 0.684. The molecule has 0 aromatic heterocycles. The highest BCUT2D eigenvalue weighted by molar-refractivity contribution is 14.1. The second-order valence-electron chi connectivity index (χ2n) is 1.67. The molecule has 0 aliphatic rings. The third kappa shape index (κ3) is 6.56. The van der Waals surface area contributed by atoms with Gasteiger partial charge in [-0.2, -0.15) is 13.2 Å². The predicted molar refractivity (Wildman–Crippen MR) is 39.0 cm³/mol. The average molecular weight is 269 g/mol. The van der Waals surface area contributed by atoms with Crippen LogP contribution in [-0.4, -0.2) is 28.5 Å². The summed E-state index contributed by atoms with van der Waals surface area (Å²) in [6.07, 6.45) is -5.31. The first-order valence-corrected chi connectivity index (χ1v) is 4.02. The Bertz CT molecular complexity index is 97.0. The normalized spacial score (nSPS) is 15.3. The van der Waals surface area contributed by atoms with Crippen molar-refractivity contribution < 1.29 is 18.3 Å². The van der Waals surface area contributed by atoms with Crippen LogP contribution in [0.25, 0.3) is 0 Å². The quantitative estimate of drug-likeness (QED) is 0.453. The van der Waals surface area contributed by atoms with Gasteiger partial charge in [0, 0.05) is 4.43 Å². The monoisotopic (exact) mass is 269 g/mol. The molecule has 0 radical (unpaired) electrons. The van der Waals surface area contributed by atoms with Gasteiger partial charge in [-0.1, -0.05) is 22.6 Å². The Morgan fingerprint density at radius 1 is 1.50 bits per heavy atom. The minimum absolute atomic E-state index is 0.244. The van der Waals surface area contributed by atoms with E-state index in [1.807, 2.05) is 5.32 Å². The number of alkyl halides is 4. The molecule has 0 amide bonds. The van der Waals surface area contributed by atoms with Crippen molar-refractivity contribution in [2.75, 3.05) is 11.0 Å². The zero-order chi connectivity index (χ0) is 8.20. The van der Waals surface area contributed by atoms with E-state index in [2.05, 4.69) is 0 Å². The van der Waals surface area contributed by atoms with E-state index < -0.39 is 18.9 Å². The Morgan fingerprint density at radius 2 is 2.00 bits per heavy atom. The summed E-state index contributed by atoms with van der Waals surface area (Å²) >= 11 is 1.79. The summed E-state index contributed by atoms with van der Waals surface area (Å²) in [4.78, 5) is 0. The second-order valence-corrected chi connectivity index (χ2v) is 2.55. The third-order valence-corrected chi connectivity index (χ3v) is 1.52. The summed E-state index contributed by atoms with van der Waals surface area (Å²) in [6.45, 7) is -1.14. The van der Waals surface area contributed by atoms with Gasteiger partial charge in [0.1, 0.15) is 6.23 Å². The first kappa shape index (κ1) is 10.4. The van der Waals surface area contributed by atoms with Crippen LogP contribution in [0.5, 0.6) is 0 Å². The molecule has 0 bridgehead atoms. The maximum absolute atomic E-state index is 11.4. The van der Waals surface area contributed by atoms with E-state index in [1.54, 1.807) is 22.6 Å². The van der Waals surface area contributed by atoms with E-state index in [0.717, 1.165) is 0 Å². The lowest BCUT2D eigenvalue weighted by Crippen LogP contribution is -2.37. The molecule has 0 aliphatic carbocycles. The first-order chi connectivity index (χ1) is 4.45. The number of aliphatic hydroxyl groups excluding tert-OH is 1. The molecule has 1 atom stereocenters. The Morgan fingerprint density at radius 3 is 2.30 bits per heavy atom. The Kier molecular flexibility index (Phi) is 4.54. The maximum Gasteiger partial charge on any atom is 0.401 e. The number of rotatable bonds is 3. The van der Waals surface area contributed by atoms with Crippen molar-refractivity contribution >= 4 is 22.6 Å². The lowest BCUT2D eigenvalue weighted by Gasteiger charge is -2.11. The fraction of sp³-hybridized carbons (Fsp3) is 1.00. The maximum atomic E-state index is 11.4. The average Bonchev–Trinajstić information content (AvgIpc) is 1.81. The number of halogens is 4. The molecule has 10 heavy (non-hydrogen) atoms. The fourth-order valence-electron chi connectivity index (χ4n) is 0.288. The predicted octanol–water partition coefficient (Wildman–Crippen LogP) is 0.892. The van der Waals surface area contributed by atoms with E-state index >= 15 is 0 Å². The van der Waals surface area contributed by atoms with Crippen molar-refractivity contribution in [3.05, 3.63) is 0 Å². The highest BCUT2D eigenvalue weighted by Crippen LogP contribution is 2.12. The van der Waals surface area contributed by atoms with Gasteiger partial charge in [0.15, 0.2) is 0 Å². The van der Waals surface area contributed by atoms with Crippen LogP contribution < -0.4 is 5.32 Å². The van der Waals surface area contributed by atoms with E-state index in [-0.39, 0.29) is 4.43 Å².